The summed E-state index contributed by atoms with van der Waals surface area (Å²) >= 11 is 5.22. The fourth-order valence-corrected chi connectivity index (χ4v) is 1.45. The molecule has 0 radical (unpaired) electrons. The summed E-state index contributed by atoms with van der Waals surface area (Å²) in [5.74, 6) is -4.74. The molecule has 0 aliphatic heterocycles. The first-order valence-electron chi connectivity index (χ1n) is 4.47. The molecule has 0 heterocycles. The molecule has 16 heavy (non-hydrogen) atoms. The van der Waals surface area contributed by atoms with Crippen molar-refractivity contribution in [2.24, 2.45) is 0 Å². The molecule has 1 N–H and O–H groups in total. The minimum Gasteiger partial charge on any atom is -0.481 e. The van der Waals surface area contributed by atoms with Gasteiger partial charge < -0.3 is 5.11 Å². The zero-order chi connectivity index (χ0) is 12.3. The lowest BCUT2D eigenvalue weighted by atomic mass is 10.1. The molecule has 0 aromatic heterocycles. The molecule has 0 aliphatic rings. The maximum Gasteiger partial charge on any atom is 0.303 e. The van der Waals surface area contributed by atoms with Gasteiger partial charge >= 0.3 is 5.97 Å². The lowest BCUT2D eigenvalue weighted by Gasteiger charge is -2.05. The molecule has 0 saturated carbocycles. The van der Waals surface area contributed by atoms with Crippen LogP contribution in [0.25, 0.3) is 0 Å². The molecule has 0 aliphatic carbocycles. The number of aliphatic carboxylic acids is 1. The lowest BCUT2D eigenvalue weighted by Crippen LogP contribution is -2.00. The van der Waals surface area contributed by atoms with E-state index in [2.05, 4.69) is 0 Å². The van der Waals surface area contributed by atoms with Crippen LogP contribution in [0.4, 0.5) is 13.2 Å². The molecule has 1 rings (SSSR count). The molecule has 0 spiro atoms. The number of halogens is 4. The second kappa shape index (κ2) is 5.21. The number of hydrogen-bond acceptors (Lipinski definition) is 1. The Morgan fingerprint density at radius 1 is 1.31 bits per heavy atom. The van der Waals surface area contributed by atoms with Gasteiger partial charge in [-0.05, 0) is 24.5 Å². The molecule has 0 amide bonds. The van der Waals surface area contributed by atoms with E-state index in [-0.39, 0.29) is 24.8 Å². The van der Waals surface area contributed by atoms with Crippen LogP contribution in [-0.2, 0) is 11.2 Å². The van der Waals surface area contributed by atoms with Crippen molar-refractivity contribution in [1.29, 1.82) is 0 Å². The van der Waals surface area contributed by atoms with Crippen molar-refractivity contribution in [2.45, 2.75) is 19.3 Å². The van der Waals surface area contributed by atoms with Crippen molar-refractivity contribution in [1.82, 2.24) is 0 Å². The zero-order valence-corrected chi connectivity index (χ0v) is 8.82. The Bertz CT molecular complexity index is 421. The highest BCUT2D eigenvalue weighted by Crippen LogP contribution is 2.25. The molecular formula is C10H8ClF3O2. The quantitative estimate of drug-likeness (QED) is 0.660. The summed E-state index contributed by atoms with van der Waals surface area (Å²) in [5, 5.41) is 7.46. The Kier molecular flexibility index (Phi) is 4.18. The summed E-state index contributed by atoms with van der Waals surface area (Å²) in [5.41, 5.74) is -0.120. The monoisotopic (exact) mass is 252 g/mol. The van der Waals surface area contributed by atoms with Gasteiger partial charge in [-0.2, -0.15) is 0 Å². The third kappa shape index (κ3) is 2.88. The molecule has 0 bridgehead atoms. The van der Waals surface area contributed by atoms with Gasteiger partial charge in [-0.25, -0.2) is 13.2 Å². The topological polar surface area (TPSA) is 37.3 Å². The minimum absolute atomic E-state index is 0.00491. The number of carboxylic acids is 1. The molecule has 0 atom stereocenters. The van der Waals surface area contributed by atoms with Crippen molar-refractivity contribution in [3.8, 4) is 0 Å². The van der Waals surface area contributed by atoms with Gasteiger partial charge in [0.2, 0.25) is 0 Å². The number of carbonyl (C=O) groups is 1. The number of aryl methyl sites for hydroxylation is 1. The van der Waals surface area contributed by atoms with Gasteiger partial charge in [0.25, 0.3) is 0 Å². The van der Waals surface area contributed by atoms with Crippen molar-refractivity contribution < 1.29 is 23.1 Å². The number of benzene rings is 1. The van der Waals surface area contributed by atoms with Crippen molar-refractivity contribution in [2.75, 3.05) is 0 Å². The van der Waals surface area contributed by atoms with E-state index in [1.165, 1.54) is 0 Å². The summed E-state index contributed by atoms with van der Waals surface area (Å²) in [4.78, 5) is 10.2. The molecule has 0 fully saturated rings. The van der Waals surface area contributed by atoms with Crippen LogP contribution in [0.3, 0.4) is 0 Å². The van der Waals surface area contributed by atoms with Crippen LogP contribution >= 0.6 is 11.6 Å². The van der Waals surface area contributed by atoms with Crippen LogP contribution in [0.5, 0.6) is 0 Å². The fourth-order valence-electron chi connectivity index (χ4n) is 1.23. The summed E-state index contributed by atoms with van der Waals surface area (Å²) in [7, 11) is 0. The molecule has 88 valence electrons. The van der Waals surface area contributed by atoms with Crippen molar-refractivity contribution >= 4 is 17.6 Å². The first-order chi connectivity index (χ1) is 7.43. The summed E-state index contributed by atoms with van der Waals surface area (Å²) in [6.07, 6.45) is -0.0429. The van der Waals surface area contributed by atoms with Gasteiger partial charge in [-0.1, -0.05) is 11.6 Å². The summed E-state index contributed by atoms with van der Waals surface area (Å²) in [6, 6.07) is 0.693. The van der Waals surface area contributed by atoms with Crippen LogP contribution < -0.4 is 0 Å². The average molecular weight is 253 g/mol. The maximum absolute atomic E-state index is 13.3. The van der Waals surface area contributed by atoms with Crippen LogP contribution in [-0.4, -0.2) is 11.1 Å². The van der Waals surface area contributed by atoms with E-state index in [1.807, 2.05) is 0 Å². The van der Waals surface area contributed by atoms with Gasteiger partial charge in [0.15, 0.2) is 11.6 Å². The molecule has 6 heteroatoms. The van der Waals surface area contributed by atoms with E-state index in [1.54, 1.807) is 0 Å². The first kappa shape index (κ1) is 12.8. The lowest BCUT2D eigenvalue weighted by molar-refractivity contribution is -0.137. The smallest absolute Gasteiger partial charge is 0.303 e. The van der Waals surface area contributed by atoms with Gasteiger partial charge in [0.05, 0.1) is 0 Å². The minimum atomic E-state index is -1.43. The van der Waals surface area contributed by atoms with E-state index in [0.717, 1.165) is 0 Å². The van der Waals surface area contributed by atoms with E-state index < -0.39 is 28.4 Å². The molecule has 2 nitrogen and oxygen atoms in total. The third-order valence-electron chi connectivity index (χ3n) is 2.01. The summed E-state index contributed by atoms with van der Waals surface area (Å²) < 4.78 is 38.9. The normalized spacial score (nSPS) is 10.5. The second-order valence-corrected chi connectivity index (χ2v) is 3.58. The maximum atomic E-state index is 13.3. The summed E-state index contributed by atoms with van der Waals surface area (Å²) in [6.45, 7) is 0. The average Bonchev–Trinajstić information content (AvgIpc) is 2.22. The first-order valence-corrected chi connectivity index (χ1v) is 4.85. The van der Waals surface area contributed by atoms with E-state index in [9.17, 15) is 18.0 Å². The predicted octanol–water partition coefficient (Wildman–Crippen LogP) is 3.16. The van der Waals surface area contributed by atoms with Gasteiger partial charge in [-0.15, -0.1) is 0 Å². The van der Waals surface area contributed by atoms with Crippen molar-refractivity contribution in [3.05, 3.63) is 34.1 Å². The highest BCUT2D eigenvalue weighted by atomic mass is 35.5. The van der Waals surface area contributed by atoms with Gasteiger partial charge in [-0.3, -0.25) is 4.79 Å². The Morgan fingerprint density at radius 3 is 2.50 bits per heavy atom. The highest BCUT2D eigenvalue weighted by Gasteiger charge is 2.16. The largest absolute Gasteiger partial charge is 0.481 e. The van der Waals surface area contributed by atoms with E-state index >= 15 is 0 Å². The highest BCUT2D eigenvalue weighted by molar-refractivity contribution is 6.31. The van der Waals surface area contributed by atoms with E-state index in [0.29, 0.717) is 6.07 Å². The van der Waals surface area contributed by atoms with Crippen LogP contribution in [0.1, 0.15) is 18.4 Å². The Morgan fingerprint density at radius 2 is 1.94 bits per heavy atom. The number of carboxylic acid groups (broad SMARTS) is 1. The fraction of sp³-hybridized carbons (Fsp3) is 0.300. The SMILES string of the molecule is O=C(O)CCCc1cc(F)c(F)c(Cl)c1F. The molecule has 1 aromatic rings. The molecule has 1 aromatic carbocycles. The van der Waals surface area contributed by atoms with Crippen LogP contribution in [0.2, 0.25) is 5.02 Å². The standard InChI is InChI=1S/C10H8ClF3O2/c11-8-9(13)5(2-1-3-7(15)16)4-6(12)10(8)14/h4H,1-3H2,(H,15,16). The zero-order valence-electron chi connectivity index (χ0n) is 8.07. The van der Waals surface area contributed by atoms with Gasteiger partial charge in [0, 0.05) is 6.42 Å². The molecular weight excluding hydrogens is 245 g/mol. The molecule has 0 saturated heterocycles. The van der Waals surface area contributed by atoms with Crippen molar-refractivity contribution in [3.63, 3.8) is 0 Å². The third-order valence-corrected chi connectivity index (χ3v) is 2.35. The predicted molar refractivity (Wildman–Crippen MR) is 51.9 cm³/mol. The second-order valence-electron chi connectivity index (χ2n) is 3.21. The Balaban J connectivity index is 2.85. The Labute approximate surface area is 94.6 Å². The molecule has 0 unspecified atom stereocenters. The van der Waals surface area contributed by atoms with Crippen LogP contribution in [0, 0.1) is 17.5 Å². The van der Waals surface area contributed by atoms with Crippen LogP contribution in [0.15, 0.2) is 6.07 Å². The van der Waals surface area contributed by atoms with Gasteiger partial charge in [0.1, 0.15) is 10.8 Å². The van der Waals surface area contributed by atoms with E-state index in [4.69, 9.17) is 16.7 Å². The number of rotatable bonds is 4. The number of hydrogen-bond donors (Lipinski definition) is 1. The Hall–Kier alpha value is -1.23.